The number of carbonyl (C=O) groups excluding carboxylic acids is 1. The Bertz CT molecular complexity index is 605. The van der Waals surface area contributed by atoms with E-state index in [0.29, 0.717) is 17.6 Å². The smallest absolute Gasteiger partial charge is 0.373 e. The van der Waals surface area contributed by atoms with Crippen LogP contribution in [0.25, 0.3) is 5.57 Å². The molecule has 1 heterocycles. The summed E-state index contributed by atoms with van der Waals surface area (Å²) in [5.41, 5.74) is 0.750. The highest BCUT2D eigenvalue weighted by atomic mass is 33.1. The third-order valence-corrected chi connectivity index (χ3v) is 3.12. The van der Waals surface area contributed by atoms with Crippen molar-refractivity contribution < 1.29 is 27.8 Å². The number of ether oxygens (including phenoxy) is 3. The molecule has 0 fully saturated rings. The molecular formula is C15H18F2O4S2. The van der Waals surface area contributed by atoms with Crippen molar-refractivity contribution in [3.05, 3.63) is 35.1 Å². The van der Waals surface area contributed by atoms with Gasteiger partial charge in [0.1, 0.15) is 6.10 Å². The third-order valence-electron chi connectivity index (χ3n) is 3.12. The predicted octanol–water partition coefficient (Wildman–Crippen LogP) is 3.82. The maximum atomic E-state index is 13.8. The second-order valence-electron chi connectivity index (χ2n) is 4.60. The van der Waals surface area contributed by atoms with Gasteiger partial charge in [-0.15, -0.1) is 23.3 Å². The minimum atomic E-state index is -1.09. The lowest BCUT2D eigenvalue weighted by Gasteiger charge is -2.11. The van der Waals surface area contributed by atoms with Crippen molar-refractivity contribution in [1.82, 2.24) is 0 Å². The fourth-order valence-corrected chi connectivity index (χ4v) is 2.26. The van der Waals surface area contributed by atoms with Crippen LogP contribution in [-0.4, -0.2) is 25.8 Å². The van der Waals surface area contributed by atoms with Gasteiger partial charge in [0.15, 0.2) is 11.6 Å². The summed E-state index contributed by atoms with van der Waals surface area (Å²) >= 11 is 6.44. The number of esters is 1. The van der Waals surface area contributed by atoms with E-state index in [2.05, 4.69) is 23.3 Å². The Morgan fingerprint density at radius 1 is 1.39 bits per heavy atom. The zero-order chi connectivity index (χ0) is 17.6. The molecule has 128 valence electrons. The molecule has 1 aliphatic heterocycles. The Hall–Kier alpha value is -1.41. The van der Waals surface area contributed by atoms with Crippen molar-refractivity contribution >= 4 is 34.9 Å². The highest BCUT2D eigenvalue weighted by molar-refractivity contribution is 8.59. The van der Waals surface area contributed by atoms with E-state index in [-0.39, 0.29) is 24.2 Å². The van der Waals surface area contributed by atoms with Crippen LogP contribution in [0.3, 0.4) is 0 Å². The number of hydrogen-bond acceptors (Lipinski definition) is 6. The number of hydrogen-bond donors (Lipinski definition) is 2. The Morgan fingerprint density at radius 2 is 2.04 bits per heavy atom. The van der Waals surface area contributed by atoms with Crippen LogP contribution < -0.4 is 4.74 Å². The van der Waals surface area contributed by atoms with Crippen molar-refractivity contribution in [2.24, 2.45) is 0 Å². The first-order valence-electron chi connectivity index (χ1n) is 6.78. The maximum absolute atomic E-state index is 13.8. The van der Waals surface area contributed by atoms with Gasteiger partial charge in [0.25, 0.3) is 0 Å². The molecule has 0 aromatic heterocycles. The molecule has 0 saturated heterocycles. The molecule has 2 rings (SSSR count). The first kappa shape index (κ1) is 19.6. The quantitative estimate of drug-likeness (QED) is 0.484. The predicted molar refractivity (Wildman–Crippen MR) is 89.6 cm³/mol. The SMILES string of the molecule is CCOC(=O)C1=C(c2ccc(F)c(F)c2OC)CC(C)O1.SS. The van der Waals surface area contributed by atoms with Crippen LogP contribution in [0.2, 0.25) is 0 Å². The highest BCUT2D eigenvalue weighted by Crippen LogP contribution is 2.39. The zero-order valence-corrected chi connectivity index (χ0v) is 14.7. The van der Waals surface area contributed by atoms with E-state index >= 15 is 0 Å². The molecule has 1 aromatic carbocycles. The van der Waals surface area contributed by atoms with E-state index in [9.17, 15) is 13.6 Å². The second kappa shape index (κ2) is 9.02. The summed E-state index contributed by atoms with van der Waals surface area (Å²) in [5.74, 6) is -2.95. The van der Waals surface area contributed by atoms with Crippen LogP contribution in [-0.2, 0) is 14.3 Å². The number of benzene rings is 1. The fourth-order valence-electron chi connectivity index (χ4n) is 2.26. The molecule has 0 saturated carbocycles. The van der Waals surface area contributed by atoms with E-state index in [1.165, 1.54) is 13.2 Å². The second-order valence-corrected chi connectivity index (χ2v) is 4.60. The Kier molecular flexibility index (Phi) is 7.70. The molecule has 0 amide bonds. The normalized spacial score (nSPS) is 16.4. The standard InChI is InChI=1S/C15H16F2O4.H2S2/c1-4-20-15(18)14-10(7-8(2)21-14)9-5-6-11(16)12(17)13(9)19-3;1-2/h5-6,8H,4,7H2,1-3H3;1-2H. The van der Waals surface area contributed by atoms with Crippen LogP contribution in [0.4, 0.5) is 8.78 Å². The van der Waals surface area contributed by atoms with Gasteiger partial charge >= 0.3 is 5.97 Å². The van der Waals surface area contributed by atoms with Gasteiger partial charge in [-0.1, -0.05) is 0 Å². The lowest BCUT2D eigenvalue weighted by molar-refractivity contribution is -0.142. The van der Waals surface area contributed by atoms with E-state index in [4.69, 9.17) is 14.2 Å². The number of carbonyl (C=O) groups is 1. The minimum absolute atomic E-state index is 0.0219. The summed E-state index contributed by atoms with van der Waals surface area (Å²) in [7, 11) is 1.24. The molecule has 1 aliphatic rings. The summed E-state index contributed by atoms with van der Waals surface area (Å²) in [6.07, 6.45) is 0.132. The third kappa shape index (κ3) is 4.32. The lowest BCUT2D eigenvalue weighted by Crippen LogP contribution is -2.11. The molecule has 0 radical (unpaired) electrons. The largest absolute Gasteiger partial charge is 0.493 e. The molecule has 23 heavy (non-hydrogen) atoms. The summed E-state index contributed by atoms with van der Waals surface area (Å²) in [5, 5.41) is 0. The van der Waals surface area contributed by atoms with Gasteiger partial charge in [-0.2, -0.15) is 4.39 Å². The minimum Gasteiger partial charge on any atom is -0.493 e. The molecular weight excluding hydrogens is 346 g/mol. The topological polar surface area (TPSA) is 44.8 Å². The number of rotatable bonds is 4. The molecule has 0 bridgehead atoms. The molecule has 1 unspecified atom stereocenters. The summed E-state index contributed by atoms with van der Waals surface area (Å²) in [6.45, 7) is 3.65. The number of halogens is 2. The number of thiol groups is 2. The monoisotopic (exact) mass is 364 g/mol. The van der Waals surface area contributed by atoms with Gasteiger partial charge in [0.05, 0.1) is 13.7 Å². The van der Waals surface area contributed by atoms with Gasteiger partial charge in [0.2, 0.25) is 11.6 Å². The first-order valence-corrected chi connectivity index (χ1v) is 8.38. The molecule has 0 N–H and O–H groups in total. The molecule has 1 aromatic rings. The summed E-state index contributed by atoms with van der Waals surface area (Å²) in [6, 6.07) is 2.36. The van der Waals surface area contributed by atoms with Crippen molar-refractivity contribution in [2.75, 3.05) is 13.7 Å². The van der Waals surface area contributed by atoms with Gasteiger partial charge in [0, 0.05) is 17.6 Å². The molecule has 0 aliphatic carbocycles. The zero-order valence-electron chi connectivity index (χ0n) is 12.9. The van der Waals surface area contributed by atoms with Crippen LogP contribution >= 0.6 is 23.3 Å². The van der Waals surface area contributed by atoms with E-state index < -0.39 is 17.6 Å². The average molecular weight is 364 g/mol. The molecule has 0 spiro atoms. The Balaban J connectivity index is 0.00000127. The van der Waals surface area contributed by atoms with Gasteiger partial charge < -0.3 is 14.2 Å². The summed E-state index contributed by atoms with van der Waals surface area (Å²) < 4.78 is 42.4. The molecule has 4 nitrogen and oxygen atoms in total. The summed E-state index contributed by atoms with van der Waals surface area (Å²) in [4.78, 5) is 11.9. The van der Waals surface area contributed by atoms with Crippen LogP contribution in [0, 0.1) is 11.6 Å². The number of methoxy groups -OCH3 is 1. The first-order chi connectivity index (χ1) is 11.0. The van der Waals surface area contributed by atoms with E-state index in [1.54, 1.807) is 13.8 Å². The van der Waals surface area contributed by atoms with E-state index in [0.717, 1.165) is 6.07 Å². The van der Waals surface area contributed by atoms with Gasteiger partial charge in [-0.05, 0) is 26.0 Å². The fraction of sp³-hybridized carbons (Fsp3) is 0.400. The average Bonchev–Trinajstić information content (AvgIpc) is 2.94. The lowest BCUT2D eigenvalue weighted by atomic mass is 9.99. The molecule has 8 heteroatoms. The Morgan fingerprint density at radius 3 is 2.61 bits per heavy atom. The van der Waals surface area contributed by atoms with Crippen LogP contribution in [0.5, 0.6) is 5.75 Å². The van der Waals surface area contributed by atoms with Crippen LogP contribution in [0.1, 0.15) is 25.8 Å². The van der Waals surface area contributed by atoms with Crippen molar-refractivity contribution in [3.8, 4) is 5.75 Å². The van der Waals surface area contributed by atoms with Crippen molar-refractivity contribution in [3.63, 3.8) is 0 Å². The van der Waals surface area contributed by atoms with Crippen LogP contribution in [0.15, 0.2) is 17.9 Å². The van der Waals surface area contributed by atoms with Crippen molar-refractivity contribution in [2.45, 2.75) is 26.4 Å². The van der Waals surface area contributed by atoms with Crippen molar-refractivity contribution in [1.29, 1.82) is 0 Å². The van der Waals surface area contributed by atoms with Gasteiger partial charge in [-0.3, -0.25) is 0 Å². The molecule has 1 atom stereocenters. The van der Waals surface area contributed by atoms with E-state index in [1.807, 2.05) is 0 Å². The van der Waals surface area contributed by atoms with Gasteiger partial charge in [-0.25, -0.2) is 9.18 Å². The highest BCUT2D eigenvalue weighted by Gasteiger charge is 2.32. The maximum Gasteiger partial charge on any atom is 0.373 e. The Labute approximate surface area is 144 Å².